The molecule has 8 nitrogen and oxygen atoms in total. The second kappa shape index (κ2) is 5.96. The maximum absolute atomic E-state index is 11.8. The molecular weight excluding hydrogens is 288 g/mol. The fourth-order valence-corrected chi connectivity index (χ4v) is 3.47. The molecule has 2 amide bonds. The summed E-state index contributed by atoms with van der Waals surface area (Å²) in [5, 5.41) is 11.4. The molecule has 2 saturated heterocycles. The van der Waals surface area contributed by atoms with Crippen molar-refractivity contribution in [3.63, 3.8) is 0 Å². The molecule has 0 spiro atoms. The molecule has 9 heteroatoms. The standard InChI is InChI=1S/C11H18N2O6S/c14-10(15)9-2-1-8(19-9)7-12-11(16)13-3-5-20(17,18)6-4-13/h8-9H,1-7H2,(H,12,16)(H,14,15). The van der Waals surface area contributed by atoms with Crippen molar-refractivity contribution in [3.8, 4) is 0 Å². The molecule has 0 aromatic heterocycles. The number of nitrogens with one attached hydrogen (secondary N) is 1. The van der Waals surface area contributed by atoms with Crippen molar-refractivity contribution in [2.75, 3.05) is 31.1 Å². The zero-order valence-electron chi connectivity index (χ0n) is 10.9. The minimum absolute atomic E-state index is 0.0125. The first-order valence-corrected chi connectivity index (χ1v) is 8.31. The van der Waals surface area contributed by atoms with Gasteiger partial charge in [-0.2, -0.15) is 0 Å². The summed E-state index contributed by atoms with van der Waals surface area (Å²) in [7, 11) is -3.01. The molecule has 0 aromatic rings. The van der Waals surface area contributed by atoms with Gasteiger partial charge in [0.1, 0.15) is 0 Å². The molecule has 0 aromatic carbocycles. The van der Waals surface area contributed by atoms with E-state index < -0.39 is 21.9 Å². The molecule has 2 unspecified atom stereocenters. The first-order chi connectivity index (χ1) is 9.37. The van der Waals surface area contributed by atoms with Gasteiger partial charge in [0.2, 0.25) is 0 Å². The first-order valence-electron chi connectivity index (χ1n) is 6.49. The van der Waals surface area contributed by atoms with Gasteiger partial charge in [-0.25, -0.2) is 18.0 Å². The minimum Gasteiger partial charge on any atom is -0.479 e. The predicted octanol–water partition coefficient (Wildman–Crippen LogP) is -0.941. The molecule has 2 rings (SSSR count). The van der Waals surface area contributed by atoms with Crippen LogP contribution in [0.5, 0.6) is 0 Å². The number of urea groups is 1. The number of carbonyl (C=O) groups excluding carboxylic acids is 1. The molecule has 2 aliphatic rings. The van der Waals surface area contributed by atoms with Gasteiger partial charge in [-0.15, -0.1) is 0 Å². The van der Waals surface area contributed by atoms with E-state index in [1.54, 1.807) is 0 Å². The molecule has 2 aliphatic heterocycles. The third-order valence-electron chi connectivity index (χ3n) is 3.50. The van der Waals surface area contributed by atoms with E-state index in [9.17, 15) is 18.0 Å². The Morgan fingerprint density at radius 2 is 1.90 bits per heavy atom. The largest absolute Gasteiger partial charge is 0.479 e. The Morgan fingerprint density at radius 1 is 1.25 bits per heavy atom. The van der Waals surface area contributed by atoms with E-state index in [0.717, 1.165) is 0 Å². The Morgan fingerprint density at radius 3 is 2.45 bits per heavy atom. The number of sulfone groups is 1. The lowest BCUT2D eigenvalue weighted by atomic mass is 10.2. The normalized spacial score (nSPS) is 29.1. The summed E-state index contributed by atoms with van der Waals surface area (Å²) >= 11 is 0. The molecule has 0 saturated carbocycles. The van der Waals surface area contributed by atoms with E-state index in [0.29, 0.717) is 12.8 Å². The zero-order valence-corrected chi connectivity index (χ0v) is 11.8. The van der Waals surface area contributed by atoms with Gasteiger partial charge in [-0.1, -0.05) is 0 Å². The summed E-state index contributed by atoms with van der Waals surface area (Å²) in [6.45, 7) is 0.626. The van der Waals surface area contributed by atoms with Crippen LogP contribution >= 0.6 is 0 Å². The van der Waals surface area contributed by atoms with Gasteiger partial charge in [-0.3, -0.25) is 0 Å². The van der Waals surface area contributed by atoms with E-state index in [4.69, 9.17) is 9.84 Å². The fraction of sp³-hybridized carbons (Fsp3) is 0.818. The summed E-state index contributed by atoms with van der Waals surface area (Å²) in [6, 6.07) is -0.331. The number of nitrogens with zero attached hydrogens (tertiary/aromatic N) is 1. The number of amides is 2. The number of hydrogen-bond donors (Lipinski definition) is 2. The second-order valence-corrected chi connectivity index (χ2v) is 7.29. The van der Waals surface area contributed by atoms with Gasteiger partial charge in [0.15, 0.2) is 15.9 Å². The second-order valence-electron chi connectivity index (χ2n) is 4.99. The lowest BCUT2D eigenvalue weighted by Gasteiger charge is -2.27. The van der Waals surface area contributed by atoms with Crippen LogP contribution in [-0.2, 0) is 19.4 Å². The number of carbonyl (C=O) groups is 2. The minimum atomic E-state index is -3.01. The third kappa shape index (κ3) is 3.83. The highest BCUT2D eigenvalue weighted by molar-refractivity contribution is 7.91. The number of carboxylic acids is 1. The van der Waals surface area contributed by atoms with Crippen LogP contribution in [0.25, 0.3) is 0 Å². The van der Waals surface area contributed by atoms with Crippen molar-refractivity contribution < 1.29 is 27.9 Å². The van der Waals surface area contributed by atoms with Gasteiger partial charge >= 0.3 is 12.0 Å². The van der Waals surface area contributed by atoms with Crippen LogP contribution < -0.4 is 5.32 Å². The van der Waals surface area contributed by atoms with Crippen molar-refractivity contribution in [2.24, 2.45) is 0 Å². The molecule has 20 heavy (non-hydrogen) atoms. The highest BCUT2D eigenvalue weighted by Crippen LogP contribution is 2.19. The van der Waals surface area contributed by atoms with Crippen LogP contribution in [0.3, 0.4) is 0 Å². The Balaban J connectivity index is 1.72. The van der Waals surface area contributed by atoms with Gasteiger partial charge in [0.25, 0.3) is 0 Å². The quantitative estimate of drug-likeness (QED) is 0.695. The van der Waals surface area contributed by atoms with Gasteiger partial charge in [0, 0.05) is 19.6 Å². The molecule has 114 valence electrons. The monoisotopic (exact) mass is 306 g/mol. The van der Waals surface area contributed by atoms with Crippen molar-refractivity contribution in [1.82, 2.24) is 10.2 Å². The summed E-state index contributed by atoms with van der Waals surface area (Å²) in [4.78, 5) is 24.0. The number of aliphatic carboxylic acids is 1. The molecule has 0 radical (unpaired) electrons. The highest BCUT2D eigenvalue weighted by atomic mass is 32.2. The fourth-order valence-electron chi connectivity index (χ4n) is 2.27. The Kier molecular flexibility index (Phi) is 4.48. The first kappa shape index (κ1) is 15.0. The van der Waals surface area contributed by atoms with Gasteiger partial charge in [0.05, 0.1) is 17.6 Å². The van der Waals surface area contributed by atoms with E-state index in [1.807, 2.05) is 0 Å². The van der Waals surface area contributed by atoms with Crippen LogP contribution in [0.2, 0.25) is 0 Å². The van der Waals surface area contributed by atoms with Crippen LogP contribution in [-0.4, -0.2) is 73.8 Å². The molecule has 2 atom stereocenters. The number of ether oxygens (including phenoxy) is 1. The summed E-state index contributed by atoms with van der Waals surface area (Å²) in [6.07, 6.45) is -0.0608. The van der Waals surface area contributed by atoms with Crippen molar-refractivity contribution in [3.05, 3.63) is 0 Å². The average Bonchev–Trinajstić information content (AvgIpc) is 2.85. The van der Waals surface area contributed by atoms with Crippen LogP contribution in [0.1, 0.15) is 12.8 Å². The Hall–Kier alpha value is -1.35. The van der Waals surface area contributed by atoms with Crippen molar-refractivity contribution in [1.29, 1.82) is 0 Å². The van der Waals surface area contributed by atoms with Gasteiger partial charge < -0.3 is 20.1 Å². The van der Waals surface area contributed by atoms with E-state index in [2.05, 4.69) is 5.32 Å². The zero-order chi connectivity index (χ0) is 14.8. The van der Waals surface area contributed by atoms with Crippen LogP contribution in [0.4, 0.5) is 4.79 Å². The van der Waals surface area contributed by atoms with Crippen molar-refractivity contribution in [2.45, 2.75) is 25.0 Å². The van der Waals surface area contributed by atoms with E-state index in [-0.39, 0.29) is 43.3 Å². The molecule has 2 fully saturated rings. The van der Waals surface area contributed by atoms with Crippen molar-refractivity contribution >= 4 is 21.8 Å². The molecular formula is C11H18N2O6S. The molecule has 0 bridgehead atoms. The van der Waals surface area contributed by atoms with E-state index >= 15 is 0 Å². The van der Waals surface area contributed by atoms with Crippen LogP contribution in [0.15, 0.2) is 0 Å². The average molecular weight is 306 g/mol. The highest BCUT2D eigenvalue weighted by Gasteiger charge is 2.31. The Bertz CT molecular complexity index is 477. The lowest BCUT2D eigenvalue weighted by Crippen LogP contribution is -2.49. The summed E-state index contributed by atoms with van der Waals surface area (Å²) in [5.41, 5.74) is 0. The maximum atomic E-state index is 11.8. The predicted molar refractivity (Wildman–Crippen MR) is 69.2 cm³/mol. The maximum Gasteiger partial charge on any atom is 0.332 e. The number of rotatable bonds is 3. The number of carboxylic acid groups (broad SMARTS) is 1. The van der Waals surface area contributed by atoms with Gasteiger partial charge in [-0.05, 0) is 12.8 Å². The van der Waals surface area contributed by atoms with E-state index in [1.165, 1.54) is 4.90 Å². The molecule has 0 aliphatic carbocycles. The summed E-state index contributed by atoms with van der Waals surface area (Å²) < 4.78 is 27.8. The molecule has 2 heterocycles. The topological polar surface area (TPSA) is 113 Å². The SMILES string of the molecule is O=C(O)C1CCC(CNC(=O)N2CCS(=O)(=O)CC2)O1. The smallest absolute Gasteiger partial charge is 0.332 e. The lowest BCUT2D eigenvalue weighted by molar-refractivity contribution is -0.149. The third-order valence-corrected chi connectivity index (χ3v) is 5.10. The Labute approximate surface area is 117 Å². The molecule has 2 N–H and O–H groups in total. The van der Waals surface area contributed by atoms with Crippen LogP contribution in [0, 0.1) is 0 Å². The summed E-state index contributed by atoms with van der Waals surface area (Å²) in [5.74, 6) is -1.01. The number of hydrogen-bond acceptors (Lipinski definition) is 5.